The molecule has 0 spiro atoms. The fourth-order valence-electron chi connectivity index (χ4n) is 6.82. The van der Waals surface area contributed by atoms with Crippen molar-refractivity contribution in [2.75, 3.05) is 16.5 Å². The van der Waals surface area contributed by atoms with Crippen LogP contribution in [0.1, 0.15) is 16.7 Å². The Labute approximate surface area is 257 Å². The van der Waals surface area contributed by atoms with Crippen molar-refractivity contribution in [1.29, 1.82) is 0 Å². The molecule has 0 amide bonds. The number of anilines is 4. The molecule has 0 N–H and O–H groups in total. The first-order valence-electron chi connectivity index (χ1n) is 15.0. The lowest BCUT2D eigenvalue weighted by atomic mass is 10.0. The highest BCUT2D eigenvalue weighted by molar-refractivity contribution is 6.07. The van der Waals surface area contributed by atoms with E-state index in [1.165, 1.54) is 39.1 Å². The highest BCUT2D eigenvalue weighted by atomic mass is 16.5. The van der Waals surface area contributed by atoms with Crippen LogP contribution >= 0.6 is 0 Å². The van der Waals surface area contributed by atoms with E-state index in [0.717, 1.165) is 46.1 Å². The van der Waals surface area contributed by atoms with E-state index in [4.69, 9.17) is 9.72 Å². The minimum absolute atomic E-state index is 0.726. The maximum Gasteiger partial charge on any atom is 0.145 e. The lowest BCUT2D eigenvalue weighted by molar-refractivity contribution is 0.482. The smallest absolute Gasteiger partial charge is 0.145 e. The van der Waals surface area contributed by atoms with Crippen molar-refractivity contribution in [3.05, 3.63) is 144 Å². The Bertz CT molecular complexity index is 2120. The van der Waals surface area contributed by atoms with Crippen LogP contribution in [-0.4, -0.2) is 16.2 Å². The number of nitrogens with zero attached hydrogens (tertiary/aromatic N) is 4. The Morgan fingerprint density at radius 2 is 1.23 bits per heavy atom. The molecular weight excluding hydrogens is 540 g/mol. The zero-order chi connectivity index (χ0) is 29.8. The summed E-state index contributed by atoms with van der Waals surface area (Å²) in [6.07, 6.45) is 1.85. The number of benzene rings is 5. The molecule has 2 aromatic heterocycles. The number of para-hydroxylation sites is 3. The Kier molecular flexibility index (Phi) is 6.12. The Balaban J connectivity index is 1.13. The summed E-state index contributed by atoms with van der Waals surface area (Å²) in [6, 6.07) is 42.4. The highest BCUT2D eigenvalue weighted by Gasteiger charge is 2.29. The molecule has 214 valence electrons. The first kappa shape index (κ1) is 26.1. The van der Waals surface area contributed by atoms with Gasteiger partial charge in [-0.15, -0.1) is 0 Å². The Morgan fingerprint density at radius 1 is 0.591 bits per heavy atom. The van der Waals surface area contributed by atoms with Gasteiger partial charge in [0.2, 0.25) is 0 Å². The van der Waals surface area contributed by atoms with Gasteiger partial charge in [-0.2, -0.15) is 0 Å². The minimum Gasteiger partial charge on any atom is -0.457 e. The molecule has 5 heteroatoms. The van der Waals surface area contributed by atoms with Gasteiger partial charge in [-0.05, 0) is 86.5 Å². The number of rotatable bonds is 5. The van der Waals surface area contributed by atoms with Gasteiger partial charge >= 0.3 is 0 Å². The summed E-state index contributed by atoms with van der Waals surface area (Å²) >= 11 is 0. The van der Waals surface area contributed by atoms with E-state index in [-0.39, 0.29) is 0 Å². The number of aryl methyl sites for hydroxylation is 3. The van der Waals surface area contributed by atoms with Gasteiger partial charge in [0.05, 0.1) is 22.6 Å². The second-order valence-corrected chi connectivity index (χ2v) is 11.6. The summed E-state index contributed by atoms with van der Waals surface area (Å²) in [5, 5.41) is 2.32. The molecule has 0 bridgehead atoms. The fourth-order valence-corrected chi connectivity index (χ4v) is 6.82. The maximum atomic E-state index is 6.52. The van der Waals surface area contributed by atoms with Crippen molar-refractivity contribution in [3.8, 4) is 17.2 Å². The van der Waals surface area contributed by atoms with Gasteiger partial charge in [0, 0.05) is 40.5 Å². The first-order valence-corrected chi connectivity index (χ1v) is 15.0. The number of hydrogen-bond acceptors (Lipinski definition) is 4. The zero-order valence-corrected chi connectivity index (χ0v) is 25.0. The van der Waals surface area contributed by atoms with Crippen molar-refractivity contribution in [2.24, 2.45) is 0 Å². The van der Waals surface area contributed by atoms with E-state index in [1.807, 2.05) is 30.5 Å². The number of aromatic nitrogens is 2. The zero-order valence-electron chi connectivity index (χ0n) is 25.0. The van der Waals surface area contributed by atoms with Crippen LogP contribution < -0.4 is 14.5 Å². The number of pyridine rings is 1. The summed E-state index contributed by atoms with van der Waals surface area (Å²) in [7, 11) is 0. The fraction of sp³-hybridized carbons (Fsp3) is 0.103. The molecule has 8 rings (SSSR count). The summed E-state index contributed by atoms with van der Waals surface area (Å²) in [4.78, 5) is 9.53. The molecule has 0 atom stereocenters. The van der Waals surface area contributed by atoms with Gasteiger partial charge < -0.3 is 14.5 Å². The van der Waals surface area contributed by atoms with Crippen LogP contribution in [-0.2, 0) is 0 Å². The average molecular weight is 573 g/mol. The molecule has 0 unspecified atom stereocenters. The van der Waals surface area contributed by atoms with Crippen molar-refractivity contribution < 1.29 is 4.74 Å². The predicted molar refractivity (Wildman–Crippen MR) is 181 cm³/mol. The minimum atomic E-state index is 0.726. The second kappa shape index (κ2) is 10.3. The Hall–Kier alpha value is -5.55. The van der Waals surface area contributed by atoms with E-state index in [2.05, 4.69) is 132 Å². The van der Waals surface area contributed by atoms with Gasteiger partial charge in [-0.3, -0.25) is 4.57 Å². The molecule has 1 aliphatic rings. The number of fused-ring (bicyclic) bond motifs is 4. The summed E-state index contributed by atoms with van der Waals surface area (Å²) in [5.41, 5.74) is 11.7. The normalized spacial score (nSPS) is 12.7. The van der Waals surface area contributed by atoms with E-state index in [9.17, 15) is 0 Å². The van der Waals surface area contributed by atoms with Gasteiger partial charge in [0.15, 0.2) is 0 Å². The third-order valence-corrected chi connectivity index (χ3v) is 8.53. The summed E-state index contributed by atoms with van der Waals surface area (Å²) in [5.74, 6) is 1.56. The molecule has 3 heterocycles. The van der Waals surface area contributed by atoms with Crippen LogP contribution in [0.5, 0.6) is 11.5 Å². The third kappa shape index (κ3) is 4.28. The van der Waals surface area contributed by atoms with Gasteiger partial charge in [0.25, 0.3) is 0 Å². The number of hydrogen-bond donors (Lipinski definition) is 0. The molecular formula is C39H32N4O. The molecule has 0 saturated heterocycles. The Morgan fingerprint density at radius 3 is 2.00 bits per heavy atom. The lowest BCUT2D eigenvalue weighted by Gasteiger charge is -2.25. The molecule has 0 radical (unpaired) electrons. The van der Waals surface area contributed by atoms with E-state index in [0.29, 0.717) is 0 Å². The lowest BCUT2D eigenvalue weighted by Crippen LogP contribution is -2.25. The molecule has 0 aliphatic carbocycles. The SMILES string of the molecule is Cc1cc(C)c(N2CN(c3cccc(Oc4cccc(-n5c6ccccc6c6cccnc65)c4)c3)c3ccccc32)c(C)c1. The van der Waals surface area contributed by atoms with Crippen LogP contribution in [0.25, 0.3) is 27.6 Å². The van der Waals surface area contributed by atoms with E-state index >= 15 is 0 Å². The maximum absolute atomic E-state index is 6.52. The van der Waals surface area contributed by atoms with Crippen molar-refractivity contribution in [1.82, 2.24) is 9.55 Å². The number of ether oxygens (including phenoxy) is 1. The van der Waals surface area contributed by atoms with Crippen LogP contribution in [0.15, 0.2) is 128 Å². The highest BCUT2D eigenvalue weighted by Crippen LogP contribution is 2.46. The van der Waals surface area contributed by atoms with Crippen molar-refractivity contribution >= 4 is 44.7 Å². The summed E-state index contributed by atoms with van der Waals surface area (Å²) < 4.78 is 8.73. The molecule has 7 aromatic rings. The summed E-state index contributed by atoms with van der Waals surface area (Å²) in [6.45, 7) is 7.30. The molecule has 0 saturated carbocycles. The van der Waals surface area contributed by atoms with Crippen LogP contribution in [0.4, 0.5) is 22.7 Å². The van der Waals surface area contributed by atoms with E-state index in [1.54, 1.807) is 0 Å². The second-order valence-electron chi connectivity index (χ2n) is 11.6. The first-order chi connectivity index (χ1) is 21.5. The van der Waals surface area contributed by atoms with Crippen LogP contribution in [0.3, 0.4) is 0 Å². The van der Waals surface area contributed by atoms with Gasteiger partial charge in [-0.1, -0.05) is 60.2 Å². The van der Waals surface area contributed by atoms with Gasteiger partial charge in [-0.25, -0.2) is 4.98 Å². The largest absolute Gasteiger partial charge is 0.457 e. The molecule has 5 nitrogen and oxygen atoms in total. The predicted octanol–water partition coefficient (Wildman–Crippen LogP) is 10.1. The van der Waals surface area contributed by atoms with Crippen LogP contribution in [0.2, 0.25) is 0 Å². The van der Waals surface area contributed by atoms with Crippen molar-refractivity contribution in [2.45, 2.75) is 20.8 Å². The van der Waals surface area contributed by atoms with Crippen LogP contribution in [0, 0.1) is 20.8 Å². The molecule has 5 aromatic carbocycles. The standard InChI is InChI=1S/C39H32N4O/c1-26-21-27(2)38(28(3)22-26)42-25-41(36-18-6-7-19-37(36)42)29-11-8-13-31(23-29)44-32-14-9-12-30(24-32)43-35-17-5-4-15-33(35)34-16-10-20-40-39(34)43/h4-24H,25H2,1-3H3. The van der Waals surface area contributed by atoms with E-state index < -0.39 is 0 Å². The third-order valence-electron chi connectivity index (χ3n) is 8.53. The van der Waals surface area contributed by atoms with Gasteiger partial charge in [0.1, 0.15) is 23.8 Å². The monoisotopic (exact) mass is 572 g/mol. The topological polar surface area (TPSA) is 33.5 Å². The molecule has 0 fully saturated rings. The average Bonchev–Trinajstić information content (AvgIpc) is 3.57. The molecule has 44 heavy (non-hydrogen) atoms. The van der Waals surface area contributed by atoms with Crippen molar-refractivity contribution in [3.63, 3.8) is 0 Å². The quantitative estimate of drug-likeness (QED) is 0.205. The molecule has 1 aliphatic heterocycles.